The molecule has 0 bridgehead atoms. The summed E-state index contributed by atoms with van der Waals surface area (Å²) in [5, 5.41) is 7.12. The van der Waals surface area contributed by atoms with Gasteiger partial charge < -0.3 is 24.7 Å². The van der Waals surface area contributed by atoms with Crippen LogP contribution in [0.2, 0.25) is 5.15 Å². The van der Waals surface area contributed by atoms with Gasteiger partial charge in [0, 0.05) is 36.0 Å². The van der Waals surface area contributed by atoms with Gasteiger partial charge in [-0.2, -0.15) is 4.98 Å². The Hall–Kier alpha value is -3.85. The maximum absolute atomic E-state index is 12.5. The molecule has 0 spiro atoms. The van der Waals surface area contributed by atoms with E-state index in [1.165, 1.54) is 0 Å². The van der Waals surface area contributed by atoms with Crippen molar-refractivity contribution in [3.05, 3.63) is 77.0 Å². The topological polar surface area (TPSA) is 86.1 Å². The SMILES string of the molecule is CCNc1nc(Nc2ccc(-n3cnc(Cl)c3)c(OC)c2)nc2c1CCC2c1ccc(OCF)cc1. The summed E-state index contributed by atoms with van der Waals surface area (Å²) < 4.78 is 24.9. The summed E-state index contributed by atoms with van der Waals surface area (Å²) in [6, 6.07) is 13.3. The predicted molar refractivity (Wildman–Crippen MR) is 138 cm³/mol. The van der Waals surface area contributed by atoms with Crippen LogP contribution >= 0.6 is 11.6 Å². The fourth-order valence-corrected chi connectivity index (χ4v) is 4.69. The minimum Gasteiger partial charge on any atom is -0.494 e. The van der Waals surface area contributed by atoms with Gasteiger partial charge in [0.1, 0.15) is 28.8 Å². The standard InChI is InChI=1S/C26H26ClFN6O2/c1-3-29-25-20-10-9-19(16-4-7-18(8-5-16)36-14-28)24(20)32-26(33-25)31-17-6-11-21(22(12-17)35-2)34-13-23(27)30-15-34/h4-8,11-13,15,19H,3,9-10,14H2,1-2H3,(H2,29,31,32,33). The first-order valence-corrected chi connectivity index (χ1v) is 12.1. The van der Waals surface area contributed by atoms with Gasteiger partial charge in [-0.25, -0.2) is 14.4 Å². The molecule has 2 heterocycles. The highest BCUT2D eigenvalue weighted by molar-refractivity contribution is 6.29. The summed E-state index contributed by atoms with van der Waals surface area (Å²) in [6.07, 6.45) is 5.15. The number of fused-ring (bicyclic) bond motifs is 1. The van der Waals surface area contributed by atoms with E-state index in [-0.39, 0.29) is 5.92 Å². The second kappa shape index (κ2) is 10.4. The normalized spacial score (nSPS) is 14.4. The molecule has 2 N–H and O–H groups in total. The number of alkyl halides is 1. The average Bonchev–Trinajstić information content (AvgIpc) is 3.51. The third kappa shape index (κ3) is 4.79. The maximum atomic E-state index is 12.5. The summed E-state index contributed by atoms with van der Waals surface area (Å²) in [5.74, 6) is 2.60. The molecule has 5 rings (SSSR count). The minimum absolute atomic E-state index is 0.114. The zero-order chi connectivity index (χ0) is 25.1. The number of methoxy groups -OCH3 is 1. The average molecular weight is 509 g/mol. The van der Waals surface area contributed by atoms with Crippen molar-refractivity contribution in [1.82, 2.24) is 19.5 Å². The summed E-state index contributed by atoms with van der Waals surface area (Å²) in [7, 11) is 1.62. The summed E-state index contributed by atoms with van der Waals surface area (Å²) in [4.78, 5) is 13.8. The molecule has 8 nitrogen and oxygen atoms in total. The predicted octanol–water partition coefficient (Wildman–Crippen LogP) is 5.88. The monoisotopic (exact) mass is 508 g/mol. The highest BCUT2D eigenvalue weighted by Gasteiger charge is 2.29. The van der Waals surface area contributed by atoms with E-state index in [2.05, 4.69) is 15.6 Å². The highest BCUT2D eigenvalue weighted by atomic mass is 35.5. The van der Waals surface area contributed by atoms with Crippen molar-refractivity contribution in [3.8, 4) is 17.2 Å². The number of hydrogen-bond donors (Lipinski definition) is 2. The number of nitrogens with zero attached hydrogens (tertiary/aromatic N) is 4. The number of benzene rings is 2. The van der Waals surface area contributed by atoms with Gasteiger partial charge in [-0.15, -0.1) is 0 Å². The van der Waals surface area contributed by atoms with E-state index in [4.69, 9.17) is 31.0 Å². The summed E-state index contributed by atoms with van der Waals surface area (Å²) in [5.41, 5.74) is 4.81. The Morgan fingerprint density at radius 2 is 2.00 bits per heavy atom. The Balaban J connectivity index is 1.46. The molecule has 0 amide bonds. The molecule has 36 heavy (non-hydrogen) atoms. The number of ether oxygens (including phenoxy) is 2. The van der Waals surface area contributed by atoms with E-state index in [1.807, 2.05) is 37.3 Å². The second-order valence-corrected chi connectivity index (χ2v) is 8.71. The molecule has 0 fully saturated rings. The molecule has 2 aromatic heterocycles. The molecular formula is C26H26ClFN6O2. The number of aromatic nitrogens is 4. The highest BCUT2D eigenvalue weighted by Crippen LogP contribution is 2.41. The lowest BCUT2D eigenvalue weighted by molar-refractivity contribution is 0.191. The summed E-state index contributed by atoms with van der Waals surface area (Å²) in [6.45, 7) is 1.95. The van der Waals surface area contributed by atoms with Crippen molar-refractivity contribution in [2.75, 3.05) is 31.1 Å². The fourth-order valence-electron chi connectivity index (χ4n) is 4.54. The summed E-state index contributed by atoms with van der Waals surface area (Å²) >= 11 is 5.98. The van der Waals surface area contributed by atoms with E-state index in [0.717, 1.165) is 53.4 Å². The number of rotatable bonds is 9. The first kappa shape index (κ1) is 23.9. The van der Waals surface area contributed by atoms with Crippen molar-refractivity contribution < 1.29 is 13.9 Å². The van der Waals surface area contributed by atoms with Gasteiger partial charge in [0.25, 0.3) is 0 Å². The molecule has 1 unspecified atom stereocenters. The third-order valence-corrected chi connectivity index (χ3v) is 6.36. The first-order chi connectivity index (χ1) is 17.6. The van der Waals surface area contributed by atoms with Gasteiger partial charge in [-0.3, -0.25) is 0 Å². The Labute approximate surface area is 213 Å². The van der Waals surface area contributed by atoms with Gasteiger partial charge in [-0.05, 0) is 49.6 Å². The van der Waals surface area contributed by atoms with E-state index < -0.39 is 6.86 Å². The molecule has 186 valence electrons. The van der Waals surface area contributed by atoms with Crippen LogP contribution in [0.5, 0.6) is 11.5 Å². The van der Waals surface area contributed by atoms with Crippen LogP contribution < -0.4 is 20.1 Å². The lowest BCUT2D eigenvalue weighted by Crippen LogP contribution is -2.10. The Kier molecular flexibility index (Phi) is 6.90. The number of nitrogens with one attached hydrogen (secondary N) is 2. The van der Waals surface area contributed by atoms with Crippen molar-refractivity contribution >= 4 is 29.1 Å². The van der Waals surface area contributed by atoms with Crippen LogP contribution in [0.15, 0.2) is 55.0 Å². The number of anilines is 3. The van der Waals surface area contributed by atoms with E-state index in [9.17, 15) is 4.39 Å². The zero-order valence-electron chi connectivity index (χ0n) is 20.0. The van der Waals surface area contributed by atoms with Crippen LogP contribution in [0.1, 0.15) is 36.1 Å². The van der Waals surface area contributed by atoms with Crippen molar-refractivity contribution in [1.29, 1.82) is 0 Å². The molecule has 1 aliphatic rings. The Morgan fingerprint density at radius 3 is 2.69 bits per heavy atom. The number of imidazole rings is 1. The van der Waals surface area contributed by atoms with Crippen LogP contribution in [-0.2, 0) is 6.42 Å². The molecular weight excluding hydrogens is 483 g/mol. The van der Waals surface area contributed by atoms with E-state index in [0.29, 0.717) is 22.6 Å². The molecule has 0 radical (unpaired) electrons. The molecule has 1 atom stereocenters. The lowest BCUT2D eigenvalue weighted by Gasteiger charge is -2.16. The maximum Gasteiger partial charge on any atom is 0.229 e. The Bertz CT molecular complexity index is 1360. The van der Waals surface area contributed by atoms with Crippen molar-refractivity contribution in [2.24, 2.45) is 0 Å². The van der Waals surface area contributed by atoms with Gasteiger partial charge in [0.2, 0.25) is 12.8 Å². The van der Waals surface area contributed by atoms with Crippen LogP contribution in [0.4, 0.5) is 21.8 Å². The van der Waals surface area contributed by atoms with Gasteiger partial charge in [0.05, 0.1) is 18.5 Å². The Morgan fingerprint density at radius 1 is 1.17 bits per heavy atom. The van der Waals surface area contributed by atoms with Crippen LogP contribution in [0.3, 0.4) is 0 Å². The molecule has 1 aliphatic carbocycles. The van der Waals surface area contributed by atoms with Gasteiger partial charge in [0.15, 0.2) is 0 Å². The molecule has 0 aliphatic heterocycles. The number of halogens is 2. The smallest absolute Gasteiger partial charge is 0.229 e. The quantitative estimate of drug-likeness (QED) is 0.292. The molecule has 4 aromatic rings. The van der Waals surface area contributed by atoms with E-state index in [1.54, 1.807) is 36.3 Å². The first-order valence-electron chi connectivity index (χ1n) is 11.7. The van der Waals surface area contributed by atoms with Crippen LogP contribution in [0.25, 0.3) is 5.69 Å². The molecule has 0 saturated heterocycles. The number of hydrogen-bond acceptors (Lipinski definition) is 7. The van der Waals surface area contributed by atoms with Crippen LogP contribution in [0, 0.1) is 0 Å². The lowest BCUT2D eigenvalue weighted by atomic mass is 9.96. The second-order valence-electron chi connectivity index (χ2n) is 8.32. The molecule has 2 aromatic carbocycles. The van der Waals surface area contributed by atoms with Gasteiger partial charge in [-0.1, -0.05) is 23.7 Å². The molecule has 10 heteroatoms. The zero-order valence-corrected chi connectivity index (χ0v) is 20.7. The third-order valence-electron chi connectivity index (χ3n) is 6.17. The van der Waals surface area contributed by atoms with Crippen molar-refractivity contribution in [3.63, 3.8) is 0 Å². The van der Waals surface area contributed by atoms with Crippen molar-refractivity contribution in [2.45, 2.75) is 25.7 Å². The van der Waals surface area contributed by atoms with Crippen LogP contribution in [-0.4, -0.2) is 40.0 Å². The van der Waals surface area contributed by atoms with Gasteiger partial charge >= 0.3 is 0 Å². The molecule has 0 saturated carbocycles. The largest absolute Gasteiger partial charge is 0.494 e. The minimum atomic E-state index is -0.845. The fraction of sp³-hybridized carbons (Fsp3) is 0.269. The van der Waals surface area contributed by atoms with E-state index >= 15 is 0 Å².